The van der Waals surface area contributed by atoms with Gasteiger partial charge < -0.3 is 5.73 Å². The maximum atomic E-state index is 5.54. The summed E-state index contributed by atoms with van der Waals surface area (Å²) in [5.74, 6) is 0.948. The van der Waals surface area contributed by atoms with Crippen molar-refractivity contribution in [2.24, 2.45) is 11.7 Å². The van der Waals surface area contributed by atoms with Gasteiger partial charge in [-0.15, -0.1) is 12.4 Å². The lowest BCUT2D eigenvalue weighted by Crippen LogP contribution is -2.33. The number of rotatable bonds is 6. The van der Waals surface area contributed by atoms with Crippen molar-refractivity contribution in [1.82, 2.24) is 4.90 Å². The fourth-order valence-electron chi connectivity index (χ4n) is 2.85. The topological polar surface area (TPSA) is 29.3 Å². The molecule has 1 aromatic rings. The van der Waals surface area contributed by atoms with E-state index in [0.29, 0.717) is 0 Å². The standard InChI is InChI=1S/C16H26N2.ClH/c17-11-5-4-6-15-9-12-18(13-10-15)14-16-7-2-1-3-8-16;/h1-3,7-8,15H,4-6,9-14,17H2;1H. The van der Waals surface area contributed by atoms with Crippen molar-refractivity contribution in [1.29, 1.82) is 0 Å². The van der Waals surface area contributed by atoms with Gasteiger partial charge in [-0.05, 0) is 50.4 Å². The molecule has 0 spiro atoms. The molecule has 19 heavy (non-hydrogen) atoms. The van der Waals surface area contributed by atoms with Gasteiger partial charge in [-0.3, -0.25) is 4.90 Å². The van der Waals surface area contributed by atoms with Crippen LogP contribution in [-0.2, 0) is 6.54 Å². The molecule has 0 atom stereocenters. The molecule has 3 heteroatoms. The van der Waals surface area contributed by atoms with Gasteiger partial charge in [-0.2, -0.15) is 0 Å². The number of likely N-dealkylation sites (tertiary alicyclic amines) is 1. The van der Waals surface area contributed by atoms with Crippen molar-refractivity contribution in [3.63, 3.8) is 0 Å². The number of piperidine rings is 1. The summed E-state index contributed by atoms with van der Waals surface area (Å²) in [5.41, 5.74) is 6.99. The SMILES string of the molecule is Cl.NCCCCC1CCN(Cc2ccccc2)CC1. The van der Waals surface area contributed by atoms with Gasteiger partial charge in [0.05, 0.1) is 0 Å². The van der Waals surface area contributed by atoms with Crippen molar-refractivity contribution in [3.8, 4) is 0 Å². The van der Waals surface area contributed by atoms with E-state index in [4.69, 9.17) is 5.73 Å². The van der Waals surface area contributed by atoms with E-state index in [1.165, 1.54) is 50.8 Å². The molecule has 0 aliphatic carbocycles. The zero-order valence-electron chi connectivity index (χ0n) is 11.8. The number of halogens is 1. The molecular formula is C16H27ClN2. The Morgan fingerprint density at radius 2 is 1.74 bits per heavy atom. The molecule has 0 unspecified atom stereocenters. The van der Waals surface area contributed by atoms with E-state index in [-0.39, 0.29) is 12.4 Å². The van der Waals surface area contributed by atoms with E-state index >= 15 is 0 Å². The molecule has 0 bridgehead atoms. The van der Waals surface area contributed by atoms with Crippen molar-refractivity contribution in [2.45, 2.75) is 38.6 Å². The molecule has 108 valence electrons. The molecule has 1 fully saturated rings. The Balaban J connectivity index is 0.00000180. The van der Waals surface area contributed by atoms with Crippen molar-refractivity contribution < 1.29 is 0 Å². The van der Waals surface area contributed by atoms with Crippen LogP contribution in [0.1, 0.15) is 37.7 Å². The van der Waals surface area contributed by atoms with Gasteiger partial charge >= 0.3 is 0 Å². The first-order valence-corrected chi connectivity index (χ1v) is 7.35. The summed E-state index contributed by atoms with van der Waals surface area (Å²) in [6.07, 6.45) is 6.65. The Morgan fingerprint density at radius 3 is 2.37 bits per heavy atom. The maximum absolute atomic E-state index is 5.54. The Morgan fingerprint density at radius 1 is 1.05 bits per heavy atom. The number of unbranched alkanes of at least 4 members (excludes halogenated alkanes) is 1. The monoisotopic (exact) mass is 282 g/mol. The minimum absolute atomic E-state index is 0. The van der Waals surface area contributed by atoms with Crippen LogP contribution in [0, 0.1) is 5.92 Å². The molecule has 1 aromatic carbocycles. The van der Waals surface area contributed by atoms with Crippen LogP contribution >= 0.6 is 12.4 Å². The zero-order valence-corrected chi connectivity index (χ0v) is 12.6. The first kappa shape index (κ1) is 16.5. The van der Waals surface area contributed by atoms with Crippen LogP contribution in [0.5, 0.6) is 0 Å². The average molecular weight is 283 g/mol. The average Bonchev–Trinajstić information content (AvgIpc) is 2.42. The molecule has 1 aliphatic rings. The fraction of sp³-hybridized carbons (Fsp3) is 0.625. The third-order valence-corrected chi connectivity index (χ3v) is 4.02. The molecular weight excluding hydrogens is 256 g/mol. The Labute approximate surface area is 123 Å². The molecule has 0 amide bonds. The van der Waals surface area contributed by atoms with Crippen LogP contribution in [0.2, 0.25) is 0 Å². The quantitative estimate of drug-likeness (QED) is 0.810. The predicted molar refractivity (Wildman–Crippen MR) is 84.6 cm³/mol. The molecule has 0 saturated carbocycles. The lowest BCUT2D eigenvalue weighted by Gasteiger charge is -2.32. The van der Waals surface area contributed by atoms with Crippen LogP contribution in [0.3, 0.4) is 0 Å². The third-order valence-electron chi connectivity index (χ3n) is 4.02. The van der Waals surface area contributed by atoms with Gasteiger partial charge in [0.15, 0.2) is 0 Å². The van der Waals surface area contributed by atoms with Crippen LogP contribution in [0.15, 0.2) is 30.3 Å². The molecule has 2 N–H and O–H groups in total. The van der Waals surface area contributed by atoms with Crippen molar-refractivity contribution in [2.75, 3.05) is 19.6 Å². The normalized spacial score (nSPS) is 17.1. The molecule has 1 saturated heterocycles. The molecule has 0 aromatic heterocycles. The van der Waals surface area contributed by atoms with E-state index in [1.54, 1.807) is 0 Å². The summed E-state index contributed by atoms with van der Waals surface area (Å²) in [7, 11) is 0. The van der Waals surface area contributed by atoms with Gasteiger partial charge in [0.1, 0.15) is 0 Å². The Kier molecular flexibility index (Phi) is 8.11. The second kappa shape index (κ2) is 9.35. The summed E-state index contributed by atoms with van der Waals surface area (Å²) in [5, 5.41) is 0. The van der Waals surface area contributed by atoms with Gasteiger partial charge in [0.2, 0.25) is 0 Å². The second-order valence-corrected chi connectivity index (χ2v) is 5.49. The number of nitrogens with two attached hydrogens (primary N) is 1. The van der Waals surface area contributed by atoms with E-state index in [2.05, 4.69) is 35.2 Å². The highest BCUT2D eigenvalue weighted by Crippen LogP contribution is 2.23. The molecule has 0 radical (unpaired) electrons. The minimum atomic E-state index is 0. The maximum Gasteiger partial charge on any atom is 0.0233 e. The lowest BCUT2D eigenvalue weighted by molar-refractivity contribution is 0.170. The summed E-state index contributed by atoms with van der Waals surface area (Å²) in [6.45, 7) is 4.51. The highest BCUT2D eigenvalue weighted by Gasteiger charge is 2.18. The minimum Gasteiger partial charge on any atom is -0.330 e. The highest BCUT2D eigenvalue weighted by atomic mass is 35.5. The van der Waals surface area contributed by atoms with Crippen molar-refractivity contribution in [3.05, 3.63) is 35.9 Å². The summed E-state index contributed by atoms with van der Waals surface area (Å²) in [6, 6.07) is 10.8. The second-order valence-electron chi connectivity index (χ2n) is 5.49. The number of hydrogen-bond acceptors (Lipinski definition) is 2. The number of hydrogen-bond donors (Lipinski definition) is 1. The van der Waals surface area contributed by atoms with Gasteiger partial charge in [0.25, 0.3) is 0 Å². The highest BCUT2D eigenvalue weighted by molar-refractivity contribution is 5.85. The van der Waals surface area contributed by atoms with Crippen molar-refractivity contribution >= 4 is 12.4 Å². The van der Waals surface area contributed by atoms with E-state index in [9.17, 15) is 0 Å². The largest absolute Gasteiger partial charge is 0.330 e. The van der Waals surface area contributed by atoms with Crippen LogP contribution in [0.25, 0.3) is 0 Å². The third kappa shape index (κ3) is 5.94. The molecule has 1 aliphatic heterocycles. The van der Waals surface area contributed by atoms with Gasteiger partial charge in [-0.1, -0.05) is 43.2 Å². The predicted octanol–water partition coefficient (Wildman–Crippen LogP) is 3.45. The Hall–Kier alpha value is -0.570. The fourth-order valence-corrected chi connectivity index (χ4v) is 2.85. The van der Waals surface area contributed by atoms with Gasteiger partial charge in [0, 0.05) is 6.54 Å². The molecule has 2 nitrogen and oxygen atoms in total. The summed E-state index contributed by atoms with van der Waals surface area (Å²) in [4.78, 5) is 2.59. The molecule has 2 rings (SSSR count). The summed E-state index contributed by atoms with van der Waals surface area (Å²) >= 11 is 0. The zero-order chi connectivity index (χ0) is 12.6. The Bertz CT molecular complexity index is 321. The first-order chi connectivity index (χ1) is 8.88. The van der Waals surface area contributed by atoms with E-state index in [1.807, 2.05) is 0 Å². The first-order valence-electron chi connectivity index (χ1n) is 7.35. The van der Waals surface area contributed by atoms with Crippen LogP contribution in [-0.4, -0.2) is 24.5 Å². The summed E-state index contributed by atoms with van der Waals surface area (Å²) < 4.78 is 0. The number of nitrogens with zero attached hydrogens (tertiary/aromatic N) is 1. The number of benzene rings is 1. The van der Waals surface area contributed by atoms with E-state index < -0.39 is 0 Å². The lowest BCUT2D eigenvalue weighted by atomic mass is 9.91. The van der Waals surface area contributed by atoms with Crippen LogP contribution < -0.4 is 5.73 Å². The smallest absolute Gasteiger partial charge is 0.0233 e. The molecule has 1 heterocycles. The van der Waals surface area contributed by atoms with Gasteiger partial charge in [-0.25, -0.2) is 0 Å². The van der Waals surface area contributed by atoms with Crippen LogP contribution in [0.4, 0.5) is 0 Å². The van der Waals surface area contributed by atoms with E-state index in [0.717, 1.165) is 19.0 Å².